The minimum Gasteiger partial charge on any atom is -0.490 e. The largest absolute Gasteiger partial charge is 0.490 e. The molecule has 1 aliphatic heterocycles. The van der Waals surface area contributed by atoms with Gasteiger partial charge in [0, 0.05) is 0 Å². The van der Waals surface area contributed by atoms with Crippen LogP contribution in [0.25, 0.3) is 0 Å². The first kappa shape index (κ1) is 12.4. The Bertz CT molecular complexity index is 327. The molecule has 2 nitrogen and oxygen atoms in total. The van der Waals surface area contributed by atoms with E-state index in [9.17, 15) is 0 Å². The Hall–Kier alpha value is -1.02. The number of benzene rings is 1. The third-order valence-corrected chi connectivity index (χ3v) is 3.65. The molecule has 1 saturated heterocycles. The van der Waals surface area contributed by atoms with E-state index in [1.165, 1.54) is 12.0 Å². The fraction of sp³-hybridized carbons (Fsp3) is 0.600. The molecule has 0 aromatic heterocycles. The summed E-state index contributed by atoms with van der Waals surface area (Å²) in [7, 11) is 0. The van der Waals surface area contributed by atoms with Crippen molar-refractivity contribution in [1.82, 2.24) is 5.32 Å². The summed E-state index contributed by atoms with van der Waals surface area (Å²) >= 11 is 0. The van der Waals surface area contributed by atoms with Gasteiger partial charge in [0.05, 0.1) is 0 Å². The van der Waals surface area contributed by atoms with Gasteiger partial charge in [0.2, 0.25) is 0 Å². The van der Waals surface area contributed by atoms with E-state index in [2.05, 4.69) is 43.4 Å². The van der Waals surface area contributed by atoms with Crippen molar-refractivity contribution in [3.8, 4) is 5.75 Å². The zero-order valence-corrected chi connectivity index (χ0v) is 10.9. The van der Waals surface area contributed by atoms with Crippen LogP contribution in [0.4, 0.5) is 0 Å². The molecule has 94 valence electrons. The third-order valence-electron chi connectivity index (χ3n) is 3.65. The summed E-state index contributed by atoms with van der Waals surface area (Å²) in [6.45, 7) is 6.65. The molecule has 2 heteroatoms. The number of piperidine rings is 1. The van der Waals surface area contributed by atoms with Crippen molar-refractivity contribution in [1.29, 1.82) is 0 Å². The Balaban J connectivity index is 1.93. The standard InChI is InChI=1S/C15H23NO/c1-3-12(2)13-4-6-14(7-5-13)17-15-8-10-16-11-9-15/h4-7,12,15-16H,3,8-11H2,1-2H3/t12-/m0/s1. The molecule has 0 spiro atoms. The summed E-state index contributed by atoms with van der Waals surface area (Å²) in [4.78, 5) is 0. The van der Waals surface area contributed by atoms with Gasteiger partial charge in [-0.15, -0.1) is 0 Å². The first-order chi connectivity index (χ1) is 8.29. The van der Waals surface area contributed by atoms with Gasteiger partial charge in [-0.25, -0.2) is 0 Å². The molecule has 1 heterocycles. The van der Waals surface area contributed by atoms with Crippen molar-refractivity contribution in [3.63, 3.8) is 0 Å². The van der Waals surface area contributed by atoms with Gasteiger partial charge in [0.1, 0.15) is 11.9 Å². The van der Waals surface area contributed by atoms with E-state index in [1.54, 1.807) is 0 Å². The van der Waals surface area contributed by atoms with Crippen molar-refractivity contribution in [2.75, 3.05) is 13.1 Å². The van der Waals surface area contributed by atoms with Gasteiger partial charge in [-0.1, -0.05) is 26.0 Å². The zero-order chi connectivity index (χ0) is 12.1. The second kappa shape index (κ2) is 6.06. The van der Waals surface area contributed by atoms with Crippen LogP contribution in [-0.2, 0) is 0 Å². The maximum Gasteiger partial charge on any atom is 0.119 e. The molecule has 17 heavy (non-hydrogen) atoms. The number of hydrogen-bond donors (Lipinski definition) is 1. The predicted molar refractivity (Wildman–Crippen MR) is 71.7 cm³/mol. The van der Waals surface area contributed by atoms with Crippen molar-refractivity contribution in [3.05, 3.63) is 29.8 Å². The third kappa shape index (κ3) is 3.47. The summed E-state index contributed by atoms with van der Waals surface area (Å²) in [6, 6.07) is 8.63. The molecule has 0 radical (unpaired) electrons. The van der Waals surface area contributed by atoms with Crippen LogP contribution in [0, 0.1) is 0 Å². The summed E-state index contributed by atoms with van der Waals surface area (Å²) in [6.07, 6.45) is 3.82. The zero-order valence-electron chi connectivity index (χ0n) is 10.9. The van der Waals surface area contributed by atoms with Crippen LogP contribution >= 0.6 is 0 Å². The minimum atomic E-state index is 0.394. The summed E-state index contributed by atoms with van der Waals surface area (Å²) in [5, 5.41) is 3.35. The Morgan fingerprint density at radius 3 is 2.47 bits per heavy atom. The maximum atomic E-state index is 5.98. The SMILES string of the molecule is CC[C@H](C)c1ccc(OC2CCNCC2)cc1. The fourth-order valence-electron chi connectivity index (χ4n) is 2.22. The van der Waals surface area contributed by atoms with E-state index in [4.69, 9.17) is 4.74 Å². The van der Waals surface area contributed by atoms with Gasteiger partial charge in [-0.2, -0.15) is 0 Å². The molecule has 1 atom stereocenters. The normalized spacial score (nSPS) is 18.9. The smallest absolute Gasteiger partial charge is 0.119 e. The summed E-state index contributed by atoms with van der Waals surface area (Å²) < 4.78 is 5.98. The molecular weight excluding hydrogens is 210 g/mol. The lowest BCUT2D eigenvalue weighted by Crippen LogP contribution is -2.34. The van der Waals surface area contributed by atoms with Gasteiger partial charge >= 0.3 is 0 Å². The second-order valence-corrected chi connectivity index (χ2v) is 4.95. The average Bonchev–Trinajstić information content (AvgIpc) is 2.40. The van der Waals surface area contributed by atoms with Crippen molar-refractivity contribution in [2.45, 2.75) is 45.1 Å². The lowest BCUT2D eigenvalue weighted by molar-refractivity contribution is 0.162. The molecule has 1 aromatic carbocycles. The quantitative estimate of drug-likeness (QED) is 0.861. The van der Waals surface area contributed by atoms with Crippen LogP contribution in [0.5, 0.6) is 5.75 Å². The van der Waals surface area contributed by atoms with E-state index in [0.29, 0.717) is 12.0 Å². The highest BCUT2D eigenvalue weighted by Crippen LogP contribution is 2.23. The van der Waals surface area contributed by atoms with Gasteiger partial charge in [0.25, 0.3) is 0 Å². The highest BCUT2D eigenvalue weighted by Gasteiger charge is 2.14. The van der Waals surface area contributed by atoms with Crippen LogP contribution in [0.1, 0.15) is 44.6 Å². The lowest BCUT2D eigenvalue weighted by atomic mass is 9.99. The minimum absolute atomic E-state index is 0.394. The molecule has 1 N–H and O–H groups in total. The van der Waals surface area contributed by atoms with Gasteiger partial charge in [-0.05, 0) is 56.0 Å². The highest BCUT2D eigenvalue weighted by atomic mass is 16.5. The summed E-state index contributed by atoms with van der Waals surface area (Å²) in [5.74, 6) is 1.66. The number of hydrogen-bond acceptors (Lipinski definition) is 2. The van der Waals surface area contributed by atoms with E-state index < -0.39 is 0 Å². The van der Waals surface area contributed by atoms with Gasteiger partial charge < -0.3 is 10.1 Å². The lowest BCUT2D eigenvalue weighted by Gasteiger charge is -2.24. The Kier molecular flexibility index (Phi) is 4.43. The van der Waals surface area contributed by atoms with Crippen LogP contribution in [-0.4, -0.2) is 19.2 Å². The van der Waals surface area contributed by atoms with E-state index in [0.717, 1.165) is 31.7 Å². The van der Waals surface area contributed by atoms with Crippen molar-refractivity contribution in [2.24, 2.45) is 0 Å². The monoisotopic (exact) mass is 233 g/mol. The van der Waals surface area contributed by atoms with E-state index in [-0.39, 0.29) is 0 Å². The van der Waals surface area contributed by atoms with Crippen LogP contribution in [0.3, 0.4) is 0 Å². The van der Waals surface area contributed by atoms with Crippen LogP contribution < -0.4 is 10.1 Å². The molecular formula is C15H23NO. The summed E-state index contributed by atoms with van der Waals surface area (Å²) in [5.41, 5.74) is 1.41. The molecule has 0 unspecified atom stereocenters. The number of nitrogens with one attached hydrogen (secondary N) is 1. The first-order valence-corrected chi connectivity index (χ1v) is 6.77. The molecule has 1 fully saturated rings. The molecule has 1 aromatic rings. The van der Waals surface area contributed by atoms with Crippen LogP contribution in [0.2, 0.25) is 0 Å². The Morgan fingerprint density at radius 2 is 1.88 bits per heavy atom. The molecule has 0 bridgehead atoms. The van der Waals surface area contributed by atoms with Crippen molar-refractivity contribution < 1.29 is 4.74 Å². The average molecular weight is 233 g/mol. The second-order valence-electron chi connectivity index (χ2n) is 4.95. The van der Waals surface area contributed by atoms with Gasteiger partial charge in [-0.3, -0.25) is 0 Å². The molecule has 1 aliphatic rings. The maximum absolute atomic E-state index is 5.98. The molecule has 0 amide bonds. The highest BCUT2D eigenvalue weighted by molar-refractivity contribution is 5.29. The van der Waals surface area contributed by atoms with E-state index in [1.807, 2.05) is 0 Å². The molecule has 2 rings (SSSR count). The van der Waals surface area contributed by atoms with Gasteiger partial charge in [0.15, 0.2) is 0 Å². The number of rotatable bonds is 4. The topological polar surface area (TPSA) is 21.3 Å². The van der Waals surface area contributed by atoms with Crippen LogP contribution in [0.15, 0.2) is 24.3 Å². The fourth-order valence-corrected chi connectivity index (χ4v) is 2.22. The first-order valence-electron chi connectivity index (χ1n) is 6.77. The van der Waals surface area contributed by atoms with Crippen molar-refractivity contribution >= 4 is 0 Å². The van der Waals surface area contributed by atoms with E-state index >= 15 is 0 Å². The number of ether oxygens (including phenoxy) is 1. The Labute approximate surface area is 104 Å². The Morgan fingerprint density at radius 1 is 1.24 bits per heavy atom. The molecule has 0 saturated carbocycles. The molecule has 0 aliphatic carbocycles. The predicted octanol–water partition coefficient (Wildman–Crippen LogP) is 3.33.